The number of imidazole rings is 1. The highest BCUT2D eigenvalue weighted by molar-refractivity contribution is 7.71. The molecule has 4 heteroatoms. The summed E-state index contributed by atoms with van der Waals surface area (Å²) in [5.74, 6) is 0.646. The quantitative estimate of drug-likeness (QED) is 0.789. The summed E-state index contributed by atoms with van der Waals surface area (Å²) in [4.78, 5) is 5.65. The van der Waals surface area contributed by atoms with Crippen molar-refractivity contribution in [2.45, 2.75) is 45.6 Å². The van der Waals surface area contributed by atoms with E-state index in [0.29, 0.717) is 12.0 Å². The average Bonchev–Trinajstić information content (AvgIpc) is 2.60. The van der Waals surface area contributed by atoms with Crippen LogP contribution in [0.3, 0.4) is 0 Å². The topological polar surface area (TPSA) is 24.0 Å². The lowest BCUT2D eigenvalue weighted by Crippen LogP contribution is -2.39. The van der Waals surface area contributed by atoms with Crippen LogP contribution in [0.15, 0.2) is 6.20 Å². The van der Waals surface area contributed by atoms with Crippen LogP contribution >= 0.6 is 12.2 Å². The molecule has 0 bridgehead atoms. The van der Waals surface area contributed by atoms with E-state index < -0.39 is 0 Å². The summed E-state index contributed by atoms with van der Waals surface area (Å²) >= 11 is 5.50. The monoisotopic (exact) mass is 267 g/mol. The highest BCUT2D eigenvalue weighted by Crippen LogP contribution is 2.33. The van der Waals surface area contributed by atoms with Gasteiger partial charge in [0.15, 0.2) is 4.77 Å². The number of hydrogen-bond donors (Lipinski definition) is 1. The highest BCUT2D eigenvalue weighted by atomic mass is 32.1. The number of piperidine rings is 1. The predicted octanol–water partition coefficient (Wildman–Crippen LogP) is 3.36. The molecule has 2 unspecified atom stereocenters. The fourth-order valence-electron chi connectivity index (χ4n) is 3.01. The van der Waals surface area contributed by atoms with Crippen molar-refractivity contribution in [1.82, 2.24) is 14.5 Å². The number of likely N-dealkylation sites (tertiary alicyclic amines) is 1. The molecule has 1 N–H and O–H groups in total. The van der Waals surface area contributed by atoms with Crippen molar-refractivity contribution in [2.75, 3.05) is 20.1 Å². The smallest absolute Gasteiger partial charge is 0.177 e. The number of aromatic nitrogens is 2. The summed E-state index contributed by atoms with van der Waals surface area (Å²) in [6.45, 7) is 11.4. The minimum Gasteiger partial charge on any atom is -0.337 e. The Labute approximate surface area is 115 Å². The molecular formula is C14H25N3S. The molecule has 2 rings (SSSR count). The SMILES string of the molecule is CC1CN(C)CCC1n1c(C(C)(C)C)c[nH]c1=S. The summed E-state index contributed by atoms with van der Waals surface area (Å²) in [6.07, 6.45) is 3.28. The Morgan fingerprint density at radius 3 is 2.61 bits per heavy atom. The first kappa shape index (κ1) is 13.8. The molecule has 1 fully saturated rings. The number of nitrogens with one attached hydrogen (secondary N) is 1. The second kappa shape index (κ2) is 4.82. The van der Waals surface area contributed by atoms with Gasteiger partial charge in [-0.25, -0.2) is 0 Å². The molecule has 0 aliphatic carbocycles. The zero-order valence-corrected chi connectivity index (χ0v) is 13.0. The van der Waals surface area contributed by atoms with Crippen molar-refractivity contribution in [3.05, 3.63) is 16.7 Å². The zero-order chi connectivity index (χ0) is 13.5. The van der Waals surface area contributed by atoms with Crippen molar-refractivity contribution in [3.63, 3.8) is 0 Å². The minimum atomic E-state index is 0.136. The molecule has 0 radical (unpaired) electrons. The van der Waals surface area contributed by atoms with Gasteiger partial charge < -0.3 is 14.5 Å². The number of aromatic amines is 1. The van der Waals surface area contributed by atoms with Gasteiger partial charge in [-0.2, -0.15) is 0 Å². The Bertz CT molecular complexity index is 466. The van der Waals surface area contributed by atoms with Gasteiger partial charge in [-0.05, 0) is 38.1 Å². The predicted molar refractivity (Wildman–Crippen MR) is 78.6 cm³/mol. The van der Waals surface area contributed by atoms with Crippen LogP contribution in [0.1, 0.15) is 45.9 Å². The van der Waals surface area contributed by atoms with Gasteiger partial charge in [-0.3, -0.25) is 0 Å². The third-order valence-electron chi connectivity index (χ3n) is 3.97. The van der Waals surface area contributed by atoms with Crippen LogP contribution in [-0.2, 0) is 5.41 Å². The standard InChI is InChI=1S/C14H25N3S/c1-10-9-16(5)7-6-11(10)17-12(14(2,3)4)8-15-13(17)18/h8,10-11H,6-7,9H2,1-5H3,(H,15,18). The third-order valence-corrected chi connectivity index (χ3v) is 4.29. The summed E-state index contributed by atoms with van der Waals surface area (Å²) < 4.78 is 3.24. The molecule has 2 atom stereocenters. The van der Waals surface area contributed by atoms with Crippen LogP contribution in [-0.4, -0.2) is 34.6 Å². The fourth-order valence-corrected chi connectivity index (χ4v) is 3.30. The fraction of sp³-hybridized carbons (Fsp3) is 0.786. The zero-order valence-electron chi connectivity index (χ0n) is 12.2. The summed E-state index contributed by atoms with van der Waals surface area (Å²) in [7, 11) is 2.20. The van der Waals surface area contributed by atoms with E-state index in [0.717, 1.165) is 17.9 Å². The lowest BCUT2D eigenvalue weighted by molar-refractivity contribution is 0.154. The third kappa shape index (κ3) is 2.54. The molecule has 102 valence electrons. The van der Waals surface area contributed by atoms with Crippen LogP contribution in [0.25, 0.3) is 0 Å². The number of hydrogen-bond acceptors (Lipinski definition) is 2. The van der Waals surface area contributed by atoms with Crippen LogP contribution < -0.4 is 0 Å². The van der Waals surface area contributed by atoms with Gasteiger partial charge in [0, 0.05) is 29.9 Å². The van der Waals surface area contributed by atoms with Gasteiger partial charge in [0.25, 0.3) is 0 Å². The Morgan fingerprint density at radius 2 is 2.06 bits per heavy atom. The second-order valence-electron chi connectivity index (χ2n) is 6.69. The van der Waals surface area contributed by atoms with E-state index in [4.69, 9.17) is 12.2 Å². The van der Waals surface area contributed by atoms with E-state index in [1.165, 1.54) is 12.1 Å². The van der Waals surface area contributed by atoms with E-state index in [1.54, 1.807) is 0 Å². The van der Waals surface area contributed by atoms with E-state index in [9.17, 15) is 0 Å². The van der Waals surface area contributed by atoms with Crippen molar-refractivity contribution in [2.24, 2.45) is 5.92 Å². The Hall–Kier alpha value is -0.610. The largest absolute Gasteiger partial charge is 0.337 e. The lowest BCUT2D eigenvalue weighted by atomic mass is 9.89. The van der Waals surface area contributed by atoms with E-state index >= 15 is 0 Å². The summed E-state index contributed by atoms with van der Waals surface area (Å²) in [5.41, 5.74) is 1.46. The number of rotatable bonds is 1. The minimum absolute atomic E-state index is 0.136. The first-order valence-electron chi connectivity index (χ1n) is 6.79. The van der Waals surface area contributed by atoms with E-state index in [-0.39, 0.29) is 5.41 Å². The number of H-pyrrole nitrogens is 1. The van der Waals surface area contributed by atoms with Gasteiger partial charge in [-0.1, -0.05) is 27.7 Å². The maximum Gasteiger partial charge on any atom is 0.177 e. The lowest BCUT2D eigenvalue weighted by Gasteiger charge is -2.37. The molecule has 2 heterocycles. The average molecular weight is 267 g/mol. The van der Waals surface area contributed by atoms with Gasteiger partial charge in [0.2, 0.25) is 0 Å². The van der Waals surface area contributed by atoms with Crippen molar-refractivity contribution in [3.8, 4) is 0 Å². The van der Waals surface area contributed by atoms with Crippen LogP contribution in [0.5, 0.6) is 0 Å². The molecule has 1 saturated heterocycles. The molecule has 1 aromatic rings. The summed E-state index contributed by atoms with van der Waals surface area (Å²) in [5, 5.41) is 0. The molecule has 1 aromatic heterocycles. The van der Waals surface area contributed by atoms with Crippen molar-refractivity contribution >= 4 is 12.2 Å². The van der Waals surface area contributed by atoms with E-state index in [2.05, 4.69) is 55.4 Å². The number of nitrogens with zero attached hydrogens (tertiary/aromatic N) is 2. The molecule has 0 amide bonds. The molecule has 0 spiro atoms. The van der Waals surface area contributed by atoms with Crippen LogP contribution in [0.4, 0.5) is 0 Å². The second-order valence-corrected chi connectivity index (χ2v) is 7.08. The Balaban J connectivity index is 2.39. The highest BCUT2D eigenvalue weighted by Gasteiger charge is 2.30. The summed E-state index contributed by atoms with van der Waals surface area (Å²) in [6, 6.07) is 0.536. The maximum absolute atomic E-state index is 5.50. The molecule has 1 aliphatic heterocycles. The molecule has 0 aromatic carbocycles. The Kier molecular flexibility index (Phi) is 3.70. The molecular weight excluding hydrogens is 242 g/mol. The van der Waals surface area contributed by atoms with Gasteiger partial charge in [0.1, 0.15) is 0 Å². The maximum atomic E-state index is 5.50. The Morgan fingerprint density at radius 1 is 1.39 bits per heavy atom. The first-order valence-corrected chi connectivity index (χ1v) is 7.20. The van der Waals surface area contributed by atoms with Gasteiger partial charge in [0.05, 0.1) is 0 Å². The van der Waals surface area contributed by atoms with Gasteiger partial charge >= 0.3 is 0 Å². The van der Waals surface area contributed by atoms with Crippen molar-refractivity contribution in [1.29, 1.82) is 0 Å². The van der Waals surface area contributed by atoms with Crippen LogP contribution in [0, 0.1) is 10.7 Å². The molecule has 1 aliphatic rings. The molecule has 3 nitrogen and oxygen atoms in total. The van der Waals surface area contributed by atoms with E-state index in [1.807, 2.05) is 0 Å². The molecule has 18 heavy (non-hydrogen) atoms. The van der Waals surface area contributed by atoms with Crippen molar-refractivity contribution < 1.29 is 0 Å². The molecule has 0 saturated carbocycles. The van der Waals surface area contributed by atoms with Crippen LogP contribution in [0.2, 0.25) is 0 Å². The normalized spacial score (nSPS) is 26.5. The van der Waals surface area contributed by atoms with Gasteiger partial charge in [-0.15, -0.1) is 0 Å². The first-order chi connectivity index (χ1) is 8.30.